The van der Waals surface area contributed by atoms with Crippen LogP contribution in [0.3, 0.4) is 0 Å². The van der Waals surface area contributed by atoms with Gasteiger partial charge in [0.2, 0.25) is 5.91 Å². The summed E-state index contributed by atoms with van der Waals surface area (Å²) in [4.78, 5) is 27.7. The number of hydrogen-bond acceptors (Lipinski definition) is 7. The summed E-state index contributed by atoms with van der Waals surface area (Å²) in [6, 6.07) is 23.8. The molecule has 1 aromatic heterocycles. The summed E-state index contributed by atoms with van der Waals surface area (Å²) in [6.07, 6.45) is 1.19. The first-order valence-corrected chi connectivity index (χ1v) is 14.0. The number of carbonyl (C=O) groups excluding carboxylic acids is 1. The molecule has 200 valence electrons. The fourth-order valence-electron chi connectivity index (χ4n) is 4.52. The van der Waals surface area contributed by atoms with Crippen LogP contribution in [0.2, 0.25) is 5.02 Å². The lowest BCUT2D eigenvalue weighted by Gasteiger charge is -2.36. The predicted molar refractivity (Wildman–Crippen MR) is 154 cm³/mol. The Bertz CT molecular complexity index is 1440. The van der Waals surface area contributed by atoms with Gasteiger partial charge in [-0.05, 0) is 48.9 Å². The number of thioether (sulfide) groups is 1. The summed E-state index contributed by atoms with van der Waals surface area (Å²) >= 11 is 7.67. The van der Waals surface area contributed by atoms with Gasteiger partial charge in [0.1, 0.15) is 0 Å². The lowest BCUT2D eigenvalue weighted by atomic mass is 10.2. The van der Waals surface area contributed by atoms with E-state index in [1.165, 1.54) is 12.1 Å². The molecule has 4 aromatic rings. The van der Waals surface area contributed by atoms with E-state index in [0.29, 0.717) is 47.7 Å². The molecule has 9 nitrogen and oxygen atoms in total. The number of amides is 1. The van der Waals surface area contributed by atoms with Crippen molar-refractivity contribution in [3.8, 4) is 17.1 Å². The summed E-state index contributed by atoms with van der Waals surface area (Å²) in [5.41, 5.74) is 2.74. The number of aromatic nitrogens is 3. The molecule has 0 N–H and O–H groups in total. The maximum Gasteiger partial charge on any atom is 0.269 e. The number of non-ortho nitro benzene ring substituents is 1. The van der Waals surface area contributed by atoms with Crippen molar-refractivity contribution in [2.75, 3.05) is 36.8 Å². The Kier molecular flexibility index (Phi) is 8.43. The van der Waals surface area contributed by atoms with Crippen molar-refractivity contribution in [3.63, 3.8) is 0 Å². The molecular formula is C28H27ClN6O3S. The van der Waals surface area contributed by atoms with Gasteiger partial charge in [-0.1, -0.05) is 47.6 Å². The summed E-state index contributed by atoms with van der Waals surface area (Å²) in [5.74, 6) is 1.48. The predicted octanol–water partition coefficient (Wildman–Crippen LogP) is 5.72. The van der Waals surface area contributed by atoms with Gasteiger partial charge in [0.15, 0.2) is 11.0 Å². The van der Waals surface area contributed by atoms with Crippen molar-refractivity contribution in [3.05, 3.63) is 94.0 Å². The molecule has 39 heavy (non-hydrogen) atoms. The molecule has 2 heterocycles. The van der Waals surface area contributed by atoms with Gasteiger partial charge in [-0.2, -0.15) is 0 Å². The Labute approximate surface area is 235 Å². The highest BCUT2D eigenvalue weighted by molar-refractivity contribution is 7.99. The molecule has 3 aromatic carbocycles. The van der Waals surface area contributed by atoms with Crippen LogP contribution in [-0.4, -0.2) is 62.4 Å². The monoisotopic (exact) mass is 562 g/mol. The van der Waals surface area contributed by atoms with Crippen molar-refractivity contribution in [1.29, 1.82) is 0 Å². The van der Waals surface area contributed by atoms with Gasteiger partial charge in [-0.15, -0.1) is 10.2 Å². The molecule has 11 heteroatoms. The minimum Gasteiger partial charge on any atom is -0.368 e. The lowest BCUT2D eigenvalue weighted by Crippen LogP contribution is -2.48. The van der Waals surface area contributed by atoms with Crippen LogP contribution in [0.4, 0.5) is 11.4 Å². The van der Waals surface area contributed by atoms with E-state index in [1.807, 2.05) is 64.1 Å². The van der Waals surface area contributed by atoms with Crippen LogP contribution in [0.25, 0.3) is 17.1 Å². The van der Waals surface area contributed by atoms with E-state index in [1.54, 1.807) is 23.9 Å². The molecule has 1 amide bonds. The molecule has 0 atom stereocenters. The van der Waals surface area contributed by atoms with Crippen molar-refractivity contribution in [2.45, 2.75) is 18.0 Å². The van der Waals surface area contributed by atoms with Crippen molar-refractivity contribution in [1.82, 2.24) is 19.7 Å². The van der Waals surface area contributed by atoms with Crippen LogP contribution < -0.4 is 4.90 Å². The number of halogens is 1. The fraction of sp³-hybridized carbons (Fsp3) is 0.250. The zero-order chi connectivity index (χ0) is 27.2. The second kappa shape index (κ2) is 12.3. The number of nitro benzene ring substituents is 1. The van der Waals surface area contributed by atoms with E-state index in [-0.39, 0.29) is 11.6 Å². The van der Waals surface area contributed by atoms with E-state index >= 15 is 0 Å². The van der Waals surface area contributed by atoms with Crippen LogP contribution in [0.5, 0.6) is 0 Å². The molecule has 0 spiro atoms. The van der Waals surface area contributed by atoms with Gasteiger partial charge in [0.25, 0.3) is 5.69 Å². The van der Waals surface area contributed by atoms with Crippen LogP contribution in [0.15, 0.2) is 84.0 Å². The smallest absolute Gasteiger partial charge is 0.269 e. The van der Waals surface area contributed by atoms with Crippen LogP contribution in [0.1, 0.15) is 12.8 Å². The van der Waals surface area contributed by atoms with E-state index in [0.717, 1.165) is 30.0 Å². The second-order valence-corrected chi connectivity index (χ2v) is 10.6. The van der Waals surface area contributed by atoms with Crippen molar-refractivity contribution >= 4 is 40.6 Å². The van der Waals surface area contributed by atoms with Gasteiger partial charge >= 0.3 is 0 Å². The molecule has 0 saturated carbocycles. The molecule has 1 aliphatic heterocycles. The standard InChI is InChI=1S/C28H27ClN6O3S/c29-22-6-4-9-25(20-22)32-15-17-33(18-16-32)26(36)10-5-19-39-28-31-30-27(34(28)23-7-2-1-3-8-23)21-11-13-24(14-12-21)35(37)38/h1-4,6-9,11-14,20H,5,10,15-19H2. The molecule has 1 saturated heterocycles. The Hall–Kier alpha value is -3.89. The molecule has 0 bridgehead atoms. The maximum absolute atomic E-state index is 12.9. The first-order chi connectivity index (χ1) is 19.0. The van der Waals surface area contributed by atoms with Crippen molar-refractivity contribution < 1.29 is 9.72 Å². The Morgan fingerprint density at radius 1 is 0.923 bits per heavy atom. The van der Waals surface area contributed by atoms with E-state index < -0.39 is 4.92 Å². The highest BCUT2D eigenvalue weighted by Gasteiger charge is 2.22. The summed E-state index contributed by atoms with van der Waals surface area (Å²) in [7, 11) is 0. The number of rotatable bonds is 9. The zero-order valence-corrected chi connectivity index (χ0v) is 22.7. The van der Waals surface area contributed by atoms with Gasteiger partial charge in [-0.25, -0.2) is 0 Å². The maximum atomic E-state index is 12.9. The number of carbonyl (C=O) groups is 1. The van der Waals surface area contributed by atoms with Gasteiger partial charge < -0.3 is 9.80 Å². The molecule has 0 unspecified atom stereocenters. The SMILES string of the molecule is O=C(CCCSc1nnc(-c2ccc([N+](=O)[O-])cc2)n1-c1ccccc1)N1CCN(c2cccc(Cl)c2)CC1. The van der Waals surface area contributed by atoms with Crippen LogP contribution >= 0.6 is 23.4 Å². The van der Waals surface area contributed by atoms with Gasteiger partial charge in [-0.3, -0.25) is 19.5 Å². The van der Waals surface area contributed by atoms with Crippen molar-refractivity contribution in [2.24, 2.45) is 0 Å². The highest BCUT2D eigenvalue weighted by atomic mass is 35.5. The summed E-state index contributed by atoms with van der Waals surface area (Å²) in [6.45, 7) is 2.96. The molecular weight excluding hydrogens is 536 g/mol. The number of hydrogen-bond donors (Lipinski definition) is 0. The Morgan fingerprint density at radius 3 is 2.33 bits per heavy atom. The zero-order valence-electron chi connectivity index (χ0n) is 21.1. The molecule has 1 aliphatic rings. The first-order valence-electron chi connectivity index (χ1n) is 12.7. The number of piperazine rings is 1. The summed E-state index contributed by atoms with van der Waals surface area (Å²) < 4.78 is 1.95. The minimum absolute atomic E-state index is 0.0228. The normalized spacial score (nSPS) is 13.5. The van der Waals surface area contributed by atoms with E-state index in [4.69, 9.17) is 11.6 Å². The van der Waals surface area contributed by atoms with Crippen LogP contribution in [0, 0.1) is 10.1 Å². The topological polar surface area (TPSA) is 97.4 Å². The third-order valence-electron chi connectivity index (χ3n) is 6.56. The fourth-order valence-corrected chi connectivity index (χ4v) is 5.60. The van der Waals surface area contributed by atoms with Gasteiger partial charge in [0, 0.05) is 72.4 Å². The van der Waals surface area contributed by atoms with E-state index in [2.05, 4.69) is 15.1 Å². The highest BCUT2D eigenvalue weighted by Crippen LogP contribution is 2.29. The number of nitrogens with zero attached hydrogens (tertiary/aromatic N) is 6. The minimum atomic E-state index is -0.423. The van der Waals surface area contributed by atoms with Crippen LogP contribution in [-0.2, 0) is 4.79 Å². The number of nitro groups is 1. The third-order valence-corrected chi connectivity index (χ3v) is 7.81. The first kappa shape index (κ1) is 26.7. The summed E-state index contributed by atoms with van der Waals surface area (Å²) in [5, 5.41) is 21.3. The van der Waals surface area contributed by atoms with E-state index in [9.17, 15) is 14.9 Å². The molecule has 0 aliphatic carbocycles. The third kappa shape index (κ3) is 6.40. The molecule has 0 radical (unpaired) electrons. The molecule has 5 rings (SSSR count). The number of anilines is 1. The lowest BCUT2D eigenvalue weighted by molar-refractivity contribution is -0.384. The Balaban J connectivity index is 1.19. The number of para-hydroxylation sites is 1. The largest absolute Gasteiger partial charge is 0.368 e. The van der Waals surface area contributed by atoms with Gasteiger partial charge in [0.05, 0.1) is 4.92 Å². The average molecular weight is 563 g/mol. The second-order valence-electron chi connectivity index (χ2n) is 9.08. The quantitative estimate of drug-likeness (QED) is 0.111. The Morgan fingerprint density at radius 2 is 1.64 bits per heavy atom. The average Bonchev–Trinajstić information content (AvgIpc) is 3.39. The molecule has 1 fully saturated rings. The number of benzene rings is 3.